The quantitative estimate of drug-likeness (QED) is 0.349. The van der Waals surface area contributed by atoms with Crippen molar-refractivity contribution in [2.75, 3.05) is 18.0 Å². The molecule has 45 heavy (non-hydrogen) atoms. The maximum absolute atomic E-state index is 14.2. The first-order chi connectivity index (χ1) is 21.0. The van der Waals surface area contributed by atoms with Gasteiger partial charge in [-0.15, -0.1) is 13.2 Å². The van der Waals surface area contributed by atoms with Crippen molar-refractivity contribution in [1.82, 2.24) is 19.2 Å². The van der Waals surface area contributed by atoms with Crippen molar-refractivity contribution in [3.05, 3.63) is 64.3 Å². The number of amides is 3. The number of nitrogens with zero attached hydrogens (tertiary/aromatic N) is 4. The summed E-state index contributed by atoms with van der Waals surface area (Å²) < 4.78 is 72.6. The summed E-state index contributed by atoms with van der Waals surface area (Å²) >= 11 is 12.4. The van der Waals surface area contributed by atoms with Gasteiger partial charge in [-0.2, -0.15) is 4.31 Å². The first kappa shape index (κ1) is 32.5. The Balaban J connectivity index is 1.59. The number of fused-ring (bicyclic) bond motifs is 1. The number of hydrogen-bond donors (Lipinski definition) is 2. The number of hydrogen-bond acceptors (Lipinski definition) is 7. The number of alkyl halides is 3. The van der Waals surface area contributed by atoms with Crippen LogP contribution < -0.4 is 20.7 Å². The summed E-state index contributed by atoms with van der Waals surface area (Å²) in [6.45, 7) is 0.950. The molecule has 3 N–H and O–H groups in total. The molecule has 1 fully saturated rings. The molecular weight excluding hydrogens is 664 g/mol. The molecule has 0 unspecified atom stereocenters. The molecule has 240 valence electrons. The molecule has 0 spiro atoms. The Bertz CT molecular complexity index is 1770. The predicted molar refractivity (Wildman–Crippen MR) is 155 cm³/mol. The maximum atomic E-state index is 14.2. The fourth-order valence-electron chi connectivity index (χ4n) is 5.52. The van der Waals surface area contributed by atoms with Gasteiger partial charge in [0.1, 0.15) is 17.3 Å². The van der Waals surface area contributed by atoms with Crippen molar-refractivity contribution >= 4 is 62.6 Å². The Labute approximate surface area is 264 Å². The van der Waals surface area contributed by atoms with Gasteiger partial charge < -0.3 is 15.8 Å². The van der Waals surface area contributed by atoms with E-state index in [9.17, 15) is 36.0 Å². The van der Waals surface area contributed by atoms with E-state index < -0.39 is 63.0 Å². The molecule has 12 nitrogen and oxygen atoms in total. The van der Waals surface area contributed by atoms with Gasteiger partial charge >= 0.3 is 6.36 Å². The highest BCUT2D eigenvalue weighted by Gasteiger charge is 2.53. The molecule has 3 amide bonds. The molecule has 0 aliphatic carbocycles. The number of primary amides is 1. The molecule has 1 aromatic heterocycles. The molecule has 3 heterocycles. The number of nitrogens with two attached hydrogens (primary N) is 1. The van der Waals surface area contributed by atoms with Crippen LogP contribution >= 0.6 is 23.2 Å². The van der Waals surface area contributed by atoms with E-state index in [0.29, 0.717) is 12.0 Å². The minimum atomic E-state index is -4.91. The summed E-state index contributed by atoms with van der Waals surface area (Å²) in [5.74, 6) is -2.73. The summed E-state index contributed by atoms with van der Waals surface area (Å²) in [5, 5.41) is 2.29. The number of sulfonamides is 1. The average Bonchev–Trinajstić information content (AvgIpc) is 3.64. The third kappa shape index (κ3) is 6.32. The fourth-order valence-corrected chi connectivity index (χ4v) is 7.88. The second-order valence-corrected chi connectivity index (χ2v) is 13.3. The third-order valence-electron chi connectivity index (χ3n) is 7.40. The van der Waals surface area contributed by atoms with Crippen LogP contribution in [-0.4, -0.2) is 65.5 Å². The van der Waals surface area contributed by atoms with E-state index in [-0.39, 0.29) is 41.1 Å². The van der Waals surface area contributed by atoms with E-state index in [1.807, 2.05) is 0 Å². The smallest absolute Gasteiger partial charge is 0.406 e. The number of ether oxygens (including phenoxy) is 1. The lowest BCUT2D eigenvalue weighted by atomic mass is 9.92. The van der Waals surface area contributed by atoms with Crippen LogP contribution in [0.4, 0.5) is 24.8 Å². The van der Waals surface area contributed by atoms with Gasteiger partial charge in [0.15, 0.2) is 5.03 Å². The number of nitrogens with one attached hydrogen (secondary N) is 1. The van der Waals surface area contributed by atoms with E-state index in [2.05, 4.69) is 15.0 Å². The molecule has 2 aromatic carbocycles. The lowest BCUT2D eigenvalue weighted by Crippen LogP contribution is -2.48. The molecule has 5 rings (SSSR count). The largest absolute Gasteiger partial charge is 0.573 e. The van der Waals surface area contributed by atoms with Crippen molar-refractivity contribution in [3.63, 3.8) is 0 Å². The van der Waals surface area contributed by atoms with Gasteiger partial charge in [0.05, 0.1) is 18.4 Å². The Morgan fingerprint density at radius 1 is 1.16 bits per heavy atom. The second-order valence-electron chi connectivity index (χ2n) is 10.6. The first-order valence-electron chi connectivity index (χ1n) is 13.3. The van der Waals surface area contributed by atoms with Crippen LogP contribution in [-0.2, 0) is 36.4 Å². The normalized spacial score (nSPS) is 20.4. The van der Waals surface area contributed by atoms with Crippen molar-refractivity contribution in [2.45, 2.75) is 49.2 Å². The van der Waals surface area contributed by atoms with Crippen LogP contribution in [0.15, 0.2) is 53.7 Å². The van der Waals surface area contributed by atoms with Gasteiger partial charge in [0.2, 0.25) is 17.8 Å². The van der Waals surface area contributed by atoms with E-state index in [0.717, 1.165) is 27.5 Å². The number of benzene rings is 2. The highest BCUT2D eigenvalue weighted by molar-refractivity contribution is 7.89. The Kier molecular flexibility index (Phi) is 8.54. The molecule has 0 radical (unpaired) electrons. The summed E-state index contributed by atoms with van der Waals surface area (Å²) in [7, 11) is -4.51. The molecule has 18 heteroatoms. The van der Waals surface area contributed by atoms with Gasteiger partial charge in [0.25, 0.3) is 15.9 Å². The molecule has 1 saturated heterocycles. The van der Waals surface area contributed by atoms with Crippen molar-refractivity contribution in [1.29, 1.82) is 0 Å². The summed E-state index contributed by atoms with van der Waals surface area (Å²) in [6.07, 6.45) is -3.53. The van der Waals surface area contributed by atoms with Crippen LogP contribution in [0.2, 0.25) is 10.0 Å². The van der Waals surface area contributed by atoms with Gasteiger partial charge in [0, 0.05) is 23.0 Å². The van der Waals surface area contributed by atoms with E-state index in [1.165, 1.54) is 41.8 Å². The standard InChI is InChI=1S/C27H25Cl2F3N6O6S/c1-26(12-15-4-6-19(7-5-15)44-27(30,31)32)24(41)37(18-10-16(28)9-17(29)11-18)25-35-14-22(38(25)26)45(42,43)36-8-2-3-20(36)23(40)34-13-21(33)39/h4-7,9-11,14,20H,2-3,8,12-13H2,1H3,(H2,33,39)(H,34,40)/t20-,26+/m0/s1. The Hall–Kier alpha value is -3.86. The van der Waals surface area contributed by atoms with E-state index in [1.54, 1.807) is 0 Å². The monoisotopic (exact) mass is 688 g/mol. The number of rotatable bonds is 9. The molecule has 3 aromatic rings. The number of carbonyl (C=O) groups is 3. The van der Waals surface area contributed by atoms with Crippen molar-refractivity contribution in [2.24, 2.45) is 5.73 Å². The Morgan fingerprint density at radius 3 is 2.40 bits per heavy atom. The molecule has 2 atom stereocenters. The highest BCUT2D eigenvalue weighted by Crippen LogP contribution is 2.45. The van der Waals surface area contributed by atoms with Crippen LogP contribution in [0.1, 0.15) is 25.3 Å². The summed E-state index contributed by atoms with van der Waals surface area (Å²) in [6, 6.07) is 7.95. The fraction of sp³-hybridized carbons (Fsp3) is 0.333. The van der Waals surface area contributed by atoms with Crippen LogP contribution in [0.3, 0.4) is 0 Å². The van der Waals surface area contributed by atoms with Gasteiger partial charge in [-0.05, 0) is 55.7 Å². The third-order valence-corrected chi connectivity index (χ3v) is 9.70. The predicted octanol–water partition coefficient (Wildman–Crippen LogP) is 3.48. The molecule has 0 bridgehead atoms. The van der Waals surface area contributed by atoms with Crippen molar-refractivity contribution < 1.29 is 40.7 Å². The van der Waals surface area contributed by atoms with E-state index >= 15 is 0 Å². The number of halogens is 5. The molecule has 0 saturated carbocycles. The Morgan fingerprint density at radius 2 is 1.80 bits per heavy atom. The van der Waals surface area contributed by atoms with Crippen LogP contribution in [0, 0.1) is 0 Å². The lowest BCUT2D eigenvalue weighted by molar-refractivity contribution is -0.274. The molecular formula is C27H25Cl2F3N6O6S. The minimum absolute atomic E-state index is 0.0313. The summed E-state index contributed by atoms with van der Waals surface area (Å²) in [4.78, 5) is 43.7. The molecule has 2 aliphatic rings. The average molecular weight is 689 g/mol. The van der Waals surface area contributed by atoms with E-state index in [4.69, 9.17) is 28.9 Å². The topological polar surface area (TPSA) is 157 Å². The zero-order valence-corrected chi connectivity index (χ0v) is 25.7. The SMILES string of the molecule is C[C@@]1(Cc2ccc(OC(F)(F)F)cc2)C(=O)N(c2cc(Cl)cc(Cl)c2)c2ncc(S(=O)(=O)N3CCC[C@H]3C(=O)NCC(N)=O)n21. The number of imidazole rings is 1. The number of aromatic nitrogens is 2. The van der Waals surface area contributed by atoms with Gasteiger partial charge in [-0.3, -0.25) is 19.0 Å². The van der Waals surface area contributed by atoms with Crippen molar-refractivity contribution in [3.8, 4) is 5.75 Å². The van der Waals surface area contributed by atoms with Gasteiger partial charge in [-0.25, -0.2) is 18.3 Å². The number of carbonyl (C=O) groups excluding carboxylic acids is 3. The second kappa shape index (κ2) is 11.8. The minimum Gasteiger partial charge on any atom is -0.406 e. The zero-order valence-electron chi connectivity index (χ0n) is 23.3. The van der Waals surface area contributed by atoms with Gasteiger partial charge in [-0.1, -0.05) is 35.3 Å². The first-order valence-corrected chi connectivity index (χ1v) is 15.5. The van der Waals surface area contributed by atoms with Crippen LogP contribution in [0.25, 0.3) is 0 Å². The lowest BCUT2D eigenvalue weighted by Gasteiger charge is -2.29. The summed E-state index contributed by atoms with van der Waals surface area (Å²) in [5.41, 5.74) is 3.98. The zero-order chi connectivity index (χ0) is 32.9. The molecule has 2 aliphatic heterocycles. The highest BCUT2D eigenvalue weighted by atomic mass is 35.5. The number of anilines is 2. The maximum Gasteiger partial charge on any atom is 0.573 e. The van der Waals surface area contributed by atoms with Crippen LogP contribution in [0.5, 0.6) is 5.75 Å².